The number of carboxylic acid groups (broad SMARTS) is 1. The number of alkyl halides is 3. The first-order valence-corrected chi connectivity index (χ1v) is 12.3. The fraction of sp³-hybridized carbons (Fsp3) is 0.435. The van der Waals surface area contributed by atoms with Crippen LogP contribution in [0, 0.1) is 0 Å². The zero-order chi connectivity index (χ0) is 24.9. The molecule has 0 unspecified atom stereocenters. The Bertz CT molecular complexity index is 1080. The average molecular weight is 501 g/mol. The zero-order valence-electron chi connectivity index (χ0n) is 18.6. The first-order valence-electron chi connectivity index (χ1n) is 10.9. The quantitative estimate of drug-likeness (QED) is 0.691. The molecule has 1 N–H and O–H groups in total. The van der Waals surface area contributed by atoms with E-state index in [1.54, 1.807) is 22.5 Å². The lowest BCUT2D eigenvalue weighted by atomic mass is 10.1. The molecule has 1 saturated heterocycles. The third-order valence-electron chi connectivity index (χ3n) is 5.86. The van der Waals surface area contributed by atoms with Gasteiger partial charge >= 0.3 is 12.1 Å². The molecule has 2 aromatic rings. The number of rotatable bonds is 3. The van der Waals surface area contributed by atoms with E-state index in [9.17, 15) is 21.6 Å². The van der Waals surface area contributed by atoms with Gasteiger partial charge in [-0.15, -0.1) is 0 Å². The Morgan fingerprint density at radius 3 is 2.26 bits per heavy atom. The Morgan fingerprint density at radius 2 is 1.65 bits per heavy atom. The first kappa shape index (κ1) is 26.0. The van der Waals surface area contributed by atoms with Gasteiger partial charge in [0.2, 0.25) is 10.0 Å². The largest absolute Gasteiger partial charge is 0.490 e. The number of hydrogen-bond acceptors (Lipinski definition) is 5. The highest BCUT2D eigenvalue weighted by Gasteiger charge is 2.43. The summed E-state index contributed by atoms with van der Waals surface area (Å²) in [6.45, 7) is 5.31. The molecule has 11 heteroatoms. The number of para-hydroxylation sites is 1. The maximum atomic E-state index is 13.6. The molecule has 2 aliphatic heterocycles. The molecule has 186 valence electrons. The summed E-state index contributed by atoms with van der Waals surface area (Å²) in [4.78, 5) is 11.5. The van der Waals surface area contributed by atoms with Crippen molar-refractivity contribution in [1.82, 2.24) is 9.21 Å². The highest BCUT2D eigenvalue weighted by Crippen LogP contribution is 2.37. The van der Waals surface area contributed by atoms with E-state index in [0.717, 1.165) is 38.0 Å². The summed E-state index contributed by atoms with van der Waals surface area (Å²) in [5, 5.41) is 7.12. The molecule has 0 bridgehead atoms. The Labute approximate surface area is 196 Å². The monoisotopic (exact) mass is 500 g/mol. The second kappa shape index (κ2) is 10.7. The summed E-state index contributed by atoms with van der Waals surface area (Å²) in [6, 6.07) is 16.7. The van der Waals surface area contributed by atoms with E-state index >= 15 is 0 Å². The van der Waals surface area contributed by atoms with Gasteiger partial charge in [-0.05, 0) is 43.6 Å². The van der Waals surface area contributed by atoms with Crippen LogP contribution in [0.5, 0.6) is 5.75 Å². The molecule has 0 radical (unpaired) electrons. The Balaban J connectivity index is 0.000000406. The number of likely N-dealkylation sites (tertiary alicyclic amines) is 1. The normalized spacial score (nSPS) is 22.6. The molecule has 2 aromatic carbocycles. The van der Waals surface area contributed by atoms with E-state index in [1.165, 1.54) is 0 Å². The molecular formula is C23H27F3N2O5S. The van der Waals surface area contributed by atoms with Crippen LogP contribution < -0.4 is 4.74 Å². The molecule has 2 atom stereocenters. The van der Waals surface area contributed by atoms with Crippen molar-refractivity contribution in [2.75, 3.05) is 19.6 Å². The van der Waals surface area contributed by atoms with Crippen molar-refractivity contribution >= 4 is 16.0 Å². The molecule has 0 spiro atoms. The lowest BCUT2D eigenvalue weighted by molar-refractivity contribution is -0.192. The smallest absolute Gasteiger partial charge is 0.487 e. The molecule has 1 fully saturated rings. The van der Waals surface area contributed by atoms with Gasteiger partial charge in [0.15, 0.2) is 0 Å². The molecular weight excluding hydrogens is 473 g/mol. The molecule has 2 aliphatic rings. The highest BCUT2D eigenvalue weighted by atomic mass is 32.2. The van der Waals surface area contributed by atoms with Crippen LogP contribution in [-0.2, 0) is 21.4 Å². The Kier molecular flexibility index (Phi) is 8.21. The maximum Gasteiger partial charge on any atom is 0.490 e. The fourth-order valence-electron chi connectivity index (χ4n) is 4.09. The first-order chi connectivity index (χ1) is 16.0. The topological polar surface area (TPSA) is 87.2 Å². The number of carbonyl (C=O) groups is 1. The van der Waals surface area contributed by atoms with Gasteiger partial charge in [-0.1, -0.05) is 49.4 Å². The van der Waals surface area contributed by atoms with Gasteiger partial charge in [0.1, 0.15) is 16.7 Å². The van der Waals surface area contributed by atoms with Crippen LogP contribution in [0.1, 0.15) is 25.3 Å². The van der Waals surface area contributed by atoms with Crippen LogP contribution in [0.3, 0.4) is 0 Å². The van der Waals surface area contributed by atoms with Crippen LogP contribution in [0.2, 0.25) is 0 Å². The summed E-state index contributed by atoms with van der Waals surface area (Å²) in [5.41, 5.74) is 0.996. The van der Waals surface area contributed by atoms with Gasteiger partial charge in [0.05, 0.1) is 6.04 Å². The van der Waals surface area contributed by atoms with Gasteiger partial charge in [-0.25, -0.2) is 13.2 Å². The van der Waals surface area contributed by atoms with Crippen molar-refractivity contribution in [2.45, 2.75) is 49.5 Å². The van der Waals surface area contributed by atoms with E-state index in [4.69, 9.17) is 14.6 Å². The SMILES string of the molecule is CCN1CC[C@@H]2Oc3ccccc3S(=O)(=O)N(Cc3ccccc3)[C@H]2CC1.O=C(O)C(F)(F)F. The van der Waals surface area contributed by atoms with Crippen molar-refractivity contribution in [1.29, 1.82) is 0 Å². The van der Waals surface area contributed by atoms with E-state index < -0.39 is 22.2 Å². The molecule has 0 saturated carbocycles. The molecule has 0 aliphatic carbocycles. The van der Waals surface area contributed by atoms with Gasteiger partial charge in [-0.3, -0.25) is 0 Å². The molecule has 34 heavy (non-hydrogen) atoms. The summed E-state index contributed by atoms with van der Waals surface area (Å²) in [5.74, 6) is -2.28. The summed E-state index contributed by atoms with van der Waals surface area (Å²) >= 11 is 0. The number of hydrogen-bond donors (Lipinski definition) is 1. The number of fused-ring (bicyclic) bond motifs is 2. The molecule has 0 aromatic heterocycles. The summed E-state index contributed by atoms with van der Waals surface area (Å²) < 4.78 is 66.9. The minimum atomic E-state index is -5.08. The minimum absolute atomic E-state index is 0.135. The Hall–Kier alpha value is -2.63. The molecule has 4 rings (SSSR count). The summed E-state index contributed by atoms with van der Waals surface area (Å²) in [7, 11) is -3.64. The number of carboxylic acids is 1. The standard InChI is InChI=1S/C21H26N2O3S.C2HF3O2/c1-2-22-14-12-18-19(13-15-22)26-20-10-6-7-11-21(20)27(24,25)23(18)16-17-8-4-3-5-9-17;3-2(4,5)1(6)7/h3-11,18-19H,2,12-16H2,1H3;(H,6,7)/t18-,19-;/m0./s1. The fourth-order valence-corrected chi connectivity index (χ4v) is 5.88. The number of benzene rings is 2. The molecule has 2 heterocycles. The Morgan fingerprint density at radius 1 is 1.06 bits per heavy atom. The van der Waals surface area contributed by atoms with Crippen molar-refractivity contribution < 1.29 is 36.2 Å². The second-order valence-electron chi connectivity index (χ2n) is 8.02. The number of ether oxygens (including phenoxy) is 1. The number of halogens is 3. The third kappa shape index (κ3) is 6.08. The van der Waals surface area contributed by atoms with Crippen molar-refractivity contribution in [3.05, 3.63) is 60.2 Å². The minimum Gasteiger partial charge on any atom is -0.487 e. The third-order valence-corrected chi connectivity index (χ3v) is 7.77. The average Bonchev–Trinajstić information content (AvgIpc) is 3.04. The van der Waals surface area contributed by atoms with Crippen LogP contribution in [0.15, 0.2) is 59.5 Å². The predicted molar refractivity (Wildman–Crippen MR) is 119 cm³/mol. The van der Waals surface area contributed by atoms with Gasteiger partial charge in [-0.2, -0.15) is 17.5 Å². The van der Waals surface area contributed by atoms with E-state index in [0.29, 0.717) is 12.3 Å². The maximum absolute atomic E-state index is 13.6. The zero-order valence-corrected chi connectivity index (χ0v) is 19.4. The van der Waals surface area contributed by atoms with Crippen LogP contribution in [0.4, 0.5) is 13.2 Å². The van der Waals surface area contributed by atoms with E-state index in [2.05, 4.69) is 11.8 Å². The number of aliphatic carboxylic acids is 1. The van der Waals surface area contributed by atoms with Gasteiger partial charge in [0.25, 0.3) is 0 Å². The summed E-state index contributed by atoms with van der Waals surface area (Å²) in [6.07, 6.45) is -3.62. The van der Waals surface area contributed by atoms with Gasteiger partial charge in [0, 0.05) is 13.1 Å². The van der Waals surface area contributed by atoms with Gasteiger partial charge < -0.3 is 14.7 Å². The van der Waals surface area contributed by atoms with Crippen molar-refractivity contribution in [2.24, 2.45) is 0 Å². The lowest BCUT2D eigenvalue weighted by Gasteiger charge is -2.32. The molecule has 0 amide bonds. The number of sulfonamides is 1. The lowest BCUT2D eigenvalue weighted by Crippen LogP contribution is -2.46. The van der Waals surface area contributed by atoms with Crippen molar-refractivity contribution in [3.8, 4) is 5.75 Å². The van der Waals surface area contributed by atoms with E-state index in [1.807, 2.05) is 36.4 Å². The predicted octanol–water partition coefficient (Wildman–Crippen LogP) is 3.76. The van der Waals surface area contributed by atoms with Crippen LogP contribution >= 0.6 is 0 Å². The van der Waals surface area contributed by atoms with Crippen molar-refractivity contribution in [3.63, 3.8) is 0 Å². The highest BCUT2D eigenvalue weighted by molar-refractivity contribution is 7.89. The van der Waals surface area contributed by atoms with Crippen LogP contribution in [-0.4, -0.2) is 66.7 Å². The number of nitrogens with zero attached hydrogens (tertiary/aromatic N) is 2. The second-order valence-corrected chi connectivity index (χ2v) is 9.88. The molecule has 7 nitrogen and oxygen atoms in total. The van der Waals surface area contributed by atoms with Crippen LogP contribution in [0.25, 0.3) is 0 Å². The van der Waals surface area contributed by atoms with E-state index in [-0.39, 0.29) is 17.0 Å².